The Morgan fingerprint density at radius 3 is 3.08 bits per heavy atom. The number of H-pyrrole nitrogens is 1. The van der Waals surface area contributed by atoms with Crippen molar-refractivity contribution in [2.24, 2.45) is 5.73 Å². The van der Waals surface area contributed by atoms with Crippen LogP contribution in [0.4, 0.5) is 0 Å². The number of nitrogens with two attached hydrogens (primary N) is 1. The minimum atomic E-state index is -0.0702. The summed E-state index contributed by atoms with van der Waals surface area (Å²) in [5.41, 5.74) is 7.32. The summed E-state index contributed by atoms with van der Waals surface area (Å²) in [4.78, 5) is 11.4. The van der Waals surface area contributed by atoms with Gasteiger partial charge in [-0.15, -0.1) is 0 Å². The molecule has 0 fully saturated rings. The third-order valence-corrected chi connectivity index (χ3v) is 1.71. The molecule has 0 aromatic carbocycles. The Labute approximate surface area is 69.8 Å². The number of aromatic nitrogens is 3. The highest BCUT2D eigenvalue weighted by Crippen LogP contribution is 2.11. The van der Waals surface area contributed by atoms with Crippen LogP contribution < -0.4 is 5.73 Å². The fourth-order valence-electron chi connectivity index (χ4n) is 1.08. The standard InChI is InChI=1S/C8H10N4/c1-5(9)7-11-6-3-2-4-10-8(6)12-7/h2-5H,9H2,1H3,(H,10,11,12)/t5-/m1/s1. The van der Waals surface area contributed by atoms with E-state index in [0.29, 0.717) is 0 Å². The van der Waals surface area contributed by atoms with Gasteiger partial charge in [0.05, 0.1) is 11.6 Å². The van der Waals surface area contributed by atoms with Gasteiger partial charge < -0.3 is 10.7 Å². The molecule has 0 aliphatic carbocycles. The second kappa shape index (κ2) is 2.57. The lowest BCUT2D eigenvalue weighted by atomic mass is 10.3. The predicted octanol–water partition coefficient (Wildman–Crippen LogP) is 0.978. The molecule has 2 heterocycles. The van der Waals surface area contributed by atoms with Crippen LogP contribution in [0.15, 0.2) is 18.3 Å². The van der Waals surface area contributed by atoms with Crippen molar-refractivity contribution in [3.8, 4) is 0 Å². The lowest BCUT2D eigenvalue weighted by molar-refractivity contribution is 0.759. The van der Waals surface area contributed by atoms with Gasteiger partial charge in [-0.1, -0.05) is 0 Å². The zero-order valence-electron chi connectivity index (χ0n) is 6.78. The van der Waals surface area contributed by atoms with Crippen molar-refractivity contribution in [2.75, 3.05) is 0 Å². The first-order valence-electron chi connectivity index (χ1n) is 3.83. The van der Waals surface area contributed by atoms with Crippen molar-refractivity contribution < 1.29 is 0 Å². The van der Waals surface area contributed by atoms with Crippen LogP contribution in [0.3, 0.4) is 0 Å². The molecule has 0 saturated carbocycles. The Bertz CT molecular complexity index is 358. The number of rotatable bonds is 1. The predicted molar refractivity (Wildman–Crippen MR) is 46.5 cm³/mol. The summed E-state index contributed by atoms with van der Waals surface area (Å²) >= 11 is 0. The molecular formula is C8H10N4. The van der Waals surface area contributed by atoms with Crippen molar-refractivity contribution in [3.05, 3.63) is 24.2 Å². The van der Waals surface area contributed by atoms with E-state index in [9.17, 15) is 0 Å². The van der Waals surface area contributed by atoms with Crippen LogP contribution in [0.5, 0.6) is 0 Å². The van der Waals surface area contributed by atoms with E-state index in [2.05, 4.69) is 15.0 Å². The van der Waals surface area contributed by atoms with Crippen LogP contribution in [0.1, 0.15) is 18.8 Å². The molecule has 0 bridgehead atoms. The number of hydrogen-bond acceptors (Lipinski definition) is 3. The topological polar surface area (TPSA) is 67.6 Å². The van der Waals surface area contributed by atoms with Crippen LogP contribution in [0, 0.1) is 0 Å². The molecule has 0 radical (unpaired) electrons. The van der Waals surface area contributed by atoms with Gasteiger partial charge in [-0.25, -0.2) is 9.97 Å². The normalized spacial score (nSPS) is 13.5. The minimum Gasteiger partial charge on any atom is -0.339 e. The summed E-state index contributed by atoms with van der Waals surface area (Å²) in [6, 6.07) is 3.73. The average Bonchev–Trinajstić information content (AvgIpc) is 2.46. The first kappa shape index (κ1) is 7.24. The molecule has 0 aliphatic heterocycles. The SMILES string of the molecule is C[C@@H](N)c1nc2ncccc2[nH]1. The fraction of sp³-hybridized carbons (Fsp3) is 0.250. The molecule has 0 amide bonds. The van der Waals surface area contributed by atoms with Crippen molar-refractivity contribution in [1.29, 1.82) is 0 Å². The van der Waals surface area contributed by atoms with Crippen molar-refractivity contribution in [1.82, 2.24) is 15.0 Å². The van der Waals surface area contributed by atoms with Crippen LogP contribution in [-0.2, 0) is 0 Å². The highest BCUT2D eigenvalue weighted by molar-refractivity contribution is 5.69. The fourth-order valence-corrected chi connectivity index (χ4v) is 1.08. The largest absolute Gasteiger partial charge is 0.339 e. The van der Waals surface area contributed by atoms with Gasteiger partial charge in [-0.2, -0.15) is 0 Å². The molecule has 0 spiro atoms. The van der Waals surface area contributed by atoms with Crippen LogP contribution in [-0.4, -0.2) is 15.0 Å². The molecular weight excluding hydrogens is 152 g/mol. The lowest BCUT2D eigenvalue weighted by Gasteiger charge is -1.96. The van der Waals surface area contributed by atoms with Gasteiger partial charge in [0.25, 0.3) is 0 Å². The summed E-state index contributed by atoms with van der Waals surface area (Å²) in [6.45, 7) is 1.89. The smallest absolute Gasteiger partial charge is 0.177 e. The maximum atomic E-state index is 5.66. The van der Waals surface area contributed by atoms with Gasteiger partial charge >= 0.3 is 0 Å². The number of aromatic amines is 1. The maximum Gasteiger partial charge on any atom is 0.177 e. The van der Waals surface area contributed by atoms with E-state index in [4.69, 9.17) is 5.73 Å². The third-order valence-electron chi connectivity index (χ3n) is 1.71. The third kappa shape index (κ3) is 1.06. The van der Waals surface area contributed by atoms with Gasteiger partial charge in [0.2, 0.25) is 0 Å². The first-order chi connectivity index (χ1) is 5.77. The lowest BCUT2D eigenvalue weighted by Crippen LogP contribution is -2.06. The van der Waals surface area contributed by atoms with Crippen LogP contribution in [0.2, 0.25) is 0 Å². The number of fused-ring (bicyclic) bond motifs is 1. The number of pyridine rings is 1. The average molecular weight is 162 g/mol. The molecule has 0 aliphatic rings. The van der Waals surface area contributed by atoms with E-state index in [-0.39, 0.29) is 6.04 Å². The molecule has 12 heavy (non-hydrogen) atoms. The Morgan fingerprint density at radius 1 is 1.58 bits per heavy atom. The van der Waals surface area contributed by atoms with Crippen LogP contribution in [0.25, 0.3) is 11.2 Å². The van der Waals surface area contributed by atoms with E-state index in [0.717, 1.165) is 17.0 Å². The molecule has 3 N–H and O–H groups in total. The number of hydrogen-bond donors (Lipinski definition) is 2. The van der Waals surface area contributed by atoms with Crippen molar-refractivity contribution >= 4 is 11.2 Å². The quantitative estimate of drug-likeness (QED) is 0.656. The van der Waals surface area contributed by atoms with Crippen LogP contribution >= 0.6 is 0 Å². The maximum absolute atomic E-state index is 5.66. The van der Waals surface area contributed by atoms with Gasteiger partial charge in [0.1, 0.15) is 5.82 Å². The second-order valence-corrected chi connectivity index (χ2v) is 2.79. The Balaban J connectivity index is 2.62. The Kier molecular flexibility index (Phi) is 1.55. The van der Waals surface area contributed by atoms with Gasteiger partial charge in [0, 0.05) is 6.20 Å². The molecule has 62 valence electrons. The van der Waals surface area contributed by atoms with E-state index in [1.807, 2.05) is 19.1 Å². The number of nitrogens with one attached hydrogen (secondary N) is 1. The molecule has 2 aromatic rings. The molecule has 2 aromatic heterocycles. The summed E-state index contributed by atoms with van der Waals surface area (Å²) in [7, 11) is 0. The zero-order valence-corrected chi connectivity index (χ0v) is 6.78. The van der Waals surface area contributed by atoms with E-state index < -0.39 is 0 Å². The Morgan fingerprint density at radius 2 is 2.42 bits per heavy atom. The summed E-state index contributed by atoms with van der Waals surface area (Å²) < 4.78 is 0. The van der Waals surface area contributed by atoms with E-state index in [1.165, 1.54) is 0 Å². The first-order valence-corrected chi connectivity index (χ1v) is 3.83. The molecule has 4 nitrogen and oxygen atoms in total. The Hall–Kier alpha value is -1.42. The molecule has 0 saturated heterocycles. The highest BCUT2D eigenvalue weighted by Gasteiger charge is 2.05. The molecule has 2 rings (SSSR count). The molecule has 0 unspecified atom stereocenters. The number of nitrogens with zero attached hydrogens (tertiary/aromatic N) is 2. The van der Waals surface area contributed by atoms with Crippen molar-refractivity contribution in [2.45, 2.75) is 13.0 Å². The van der Waals surface area contributed by atoms with Gasteiger partial charge in [-0.05, 0) is 19.1 Å². The summed E-state index contributed by atoms with van der Waals surface area (Å²) in [5.74, 6) is 0.781. The molecule has 4 heteroatoms. The van der Waals surface area contributed by atoms with Gasteiger partial charge in [0.15, 0.2) is 5.65 Å². The number of imidazole rings is 1. The van der Waals surface area contributed by atoms with E-state index >= 15 is 0 Å². The van der Waals surface area contributed by atoms with Crippen molar-refractivity contribution in [3.63, 3.8) is 0 Å². The summed E-state index contributed by atoms with van der Waals surface area (Å²) in [6.07, 6.45) is 1.72. The highest BCUT2D eigenvalue weighted by atomic mass is 15.0. The second-order valence-electron chi connectivity index (χ2n) is 2.79. The van der Waals surface area contributed by atoms with Gasteiger partial charge in [-0.3, -0.25) is 0 Å². The zero-order chi connectivity index (χ0) is 8.55. The monoisotopic (exact) mass is 162 g/mol. The minimum absolute atomic E-state index is 0.0702. The molecule has 1 atom stereocenters. The summed E-state index contributed by atoms with van der Waals surface area (Å²) in [5, 5.41) is 0. The van der Waals surface area contributed by atoms with E-state index in [1.54, 1.807) is 6.20 Å².